The van der Waals surface area contributed by atoms with E-state index in [1.807, 2.05) is 34.6 Å². The molecule has 0 aliphatic carbocycles. The Morgan fingerprint density at radius 3 is 2.41 bits per heavy atom. The largest absolute Gasteiger partial charge is 0.478 e. The summed E-state index contributed by atoms with van der Waals surface area (Å²) >= 11 is 0. The molecule has 0 bridgehead atoms. The first kappa shape index (κ1) is 17.8. The summed E-state index contributed by atoms with van der Waals surface area (Å²) in [5, 5.41) is 11.6. The number of rotatable bonds is 4. The van der Waals surface area contributed by atoms with E-state index >= 15 is 0 Å². The van der Waals surface area contributed by atoms with Crippen molar-refractivity contribution in [1.29, 1.82) is 0 Å². The van der Waals surface area contributed by atoms with E-state index in [1.54, 1.807) is 6.07 Å². The van der Waals surface area contributed by atoms with Crippen LogP contribution in [0.3, 0.4) is 0 Å². The summed E-state index contributed by atoms with van der Waals surface area (Å²) in [6.45, 7) is 9.67. The molecule has 1 aromatic carbocycles. The van der Waals surface area contributed by atoms with Gasteiger partial charge in [0.1, 0.15) is 0 Å². The first-order chi connectivity index (χ1) is 10.0. The number of hydrogen-bond acceptors (Lipinski definition) is 3. The standard InChI is InChI=1S/C17H24N2O3/c1-10-8-12(6-7-14(21)22)15(18)11(2)16(10)19-13(20)9-17(3,4)5/h6-8H,9,18H2,1-5H3,(H,19,20)(H,21,22). The Labute approximate surface area is 131 Å². The fraction of sp³-hybridized carbons (Fsp3) is 0.412. The lowest BCUT2D eigenvalue weighted by Gasteiger charge is -2.20. The molecule has 0 aliphatic heterocycles. The fourth-order valence-electron chi connectivity index (χ4n) is 2.19. The summed E-state index contributed by atoms with van der Waals surface area (Å²) < 4.78 is 0. The third-order valence-electron chi connectivity index (χ3n) is 3.22. The molecule has 0 fully saturated rings. The average molecular weight is 304 g/mol. The Balaban J connectivity index is 3.11. The molecule has 0 saturated heterocycles. The Hall–Kier alpha value is -2.30. The summed E-state index contributed by atoms with van der Waals surface area (Å²) in [6, 6.07) is 1.77. The number of nitrogens with two attached hydrogens (primary N) is 1. The summed E-state index contributed by atoms with van der Waals surface area (Å²) in [5.74, 6) is -1.09. The lowest BCUT2D eigenvalue weighted by molar-refractivity contribution is -0.131. The van der Waals surface area contributed by atoms with Crippen LogP contribution in [0.2, 0.25) is 0 Å². The zero-order valence-corrected chi connectivity index (χ0v) is 13.8. The number of carboxylic acids is 1. The number of benzene rings is 1. The van der Waals surface area contributed by atoms with Crippen LogP contribution in [0, 0.1) is 19.3 Å². The number of anilines is 2. The second kappa shape index (κ2) is 6.64. The molecule has 4 N–H and O–H groups in total. The molecule has 1 aromatic rings. The van der Waals surface area contributed by atoms with E-state index in [0.29, 0.717) is 23.4 Å². The van der Waals surface area contributed by atoms with Crippen LogP contribution in [0.15, 0.2) is 12.1 Å². The summed E-state index contributed by atoms with van der Waals surface area (Å²) in [5.41, 5.74) is 9.33. The van der Waals surface area contributed by atoms with Crippen molar-refractivity contribution in [1.82, 2.24) is 0 Å². The number of carboxylic acid groups (broad SMARTS) is 1. The molecule has 1 amide bonds. The molecule has 0 saturated carbocycles. The van der Waals surface area contributed by atoms with Gasteiger partial charge in [0.25, 0.3) is 0 Å². The highest BCUT2D eigenvalue weighted by Crippen LogP contribution is 2.30. The topological polar surface area (TPSA) is 92.4 Å². The third-order valence-corrected chi connectivity index (χ3v) is 3.22. The van der Waals surface area contributed by atoms with Gasteiger partial charge in [-0.25, -0.2) is 4.79 Å². The van der Waals surface area contributed by atoms with Gasteiger partial charge < -0.3 is 16.2 Å². The van der Waals surface area contributed by atoms with Crippen LogP contribution in [-0.4, -0.2) is 17.0 Å². The molecule has 0 heterocycles. The predicted octanol–water partition coefficient (Wildman–Crippen LogP) is 3.36. The number of hydrogen-bond donors (Lipinski definition) is 3. The highest BCUT2D eigenvalue weighted by atomic mass is 16.4. The Morgan fingerprint density at radius 2 is 1.91 bits per heavy atom. The Bertz CT molecular complexity index is 626. The van der Waals surface area contributed by atoms with E-state index in [4.69, 9.17) is 10.8 Å². The van der Waals surface area contributed by atoms with Crippen molar-refractivity contribution in [2.75, 3.05) is 11.1 Å². The molecule has 0 atom stereocenters. The third kappa shape index (κ3) is 4.91. The zero-order chi connectivity index (χ0) is 17.1. The average Bonchev–Trinajstić information content (AvgIpc) is 2.35. The normalized spacial score (nSPS) is 11.7. The van der Waals surface area contributed by atoms with Gasteiger partial charge in [-0.05, 0) is 48.1 Å². The van der Waals surface area contributed by atoms with Crippen LogP contribution in [0.1, 0.15) is 43.9 Å². The second-order valence-corrected chi connectivity index (χ2v) is 6.65. The Morgan fingerprint density at radius 1 is 1.32 bits per heavy atom. The lowest BCUT2D eigenvalue weighted by atomic mass is 9.91. The minimum absolute atomic E-state index is 0.0630. The molecule has 22 heavy (non-hydrogen) atoms. The number of aliphatic carboxylic acids is 1. The van der Waals surface area contributed by atoms with Gasteiger partial charge in [-0.2, -0.15) is 0 Å². The quantitative estimate of drug-likeness (QED) is 0.587. The van der Waals surface area contributed by atoms with Gasteiger partial charge in [0.15, 0.2) is 0 Å². The van der Waals surface area contributed by atoms with Crippen molar-refractivity contribution in [3.8, 4) is 0 Å². The molecule has 1 rings (SSSR count). The molecular weight excluding hydrogens is 280 g/mol. The maximum Gasteiger partial charge on any atom is 0.328 e. The second-order valence-electron chi connectivity index (χ2n) is 6.65. The van der Waals surface area contributed by atoms with Crippen LogP contribution < -0.4 is 11.1 Å². The van der Waals surface area contributed by atoms with Gasteiger partial charge in [0.05, 0.1) is 0 Å². The van der Waals surface area contributed by atoms with Crippen molar-refractivity contribution >= 4 is 29.3 Å². The van der Waals surface area contributed by atoms with Crippen LogP contribution >= 0.6 is 0 Å². The maximum atomic E-state index is 12.1. The van der Waals surface area contributed by atoms with E-state index in [0.717, 1.165) is 17.2 Å². The minimum atomic E-state index is -1.03. The number of nitrogen functional groups attached to an aromatic ring is 1. The SMILES string of the molecule is Cc1cc(C=CC(=O)O)c(N)c(C)c1NC(=O)CC(C)(C)C. The van der Waals surface area contributed by atoms with Crippen molar-refractivity contribution in [2.24, 2.45) is 5.41 Å². The first-order valence-corrected chi connectivity index (χ1v) is 7.12. The van der Waals surface area contributed by atoms with Crippen LogP contribution in [-0.2, 0) is 9.59 Å². The molecule has 120 valence electrons. The number of nitrogens with one attached hydrogen (secondary N) is 1. The van der Waals surface area contributed by atoms with Crippen molar-refractivity contribution in [3.05, 3.63) is 28.8 Å². The zero-order valence-electron chi connectivity index (χ0n) is 13.8. The van der Waals surface area contributed by atoms with E-state index in [-0.39, 0.29) is 11.3 Å². The van der Waals surface area contributed by atoms with Gasteiger partial charge in [-0.1, -0.05) is 20.8 Å². The molecular formula is C17H24N2O3. The highest BCUT2D eigenvalue weighted by Gasteiger charge is 2.18. The maximum absolute atomic E-state index is 12.1. The number of carbonyl (C=O) groups excluding carboxylic acids is 1. The fourth-order valence-corrected chi connectivity index (χ4v) is 2.19. The summed E-state index contributed by atoms with van der Waals surface area (Å²) in [7, 11) is 0. The van der Waals surface area contributed by atoms with E-state index in [2.05, 4.69) is 5.32 Å². The number of amides is 1. The van der Waals surface area contributed by atoms with E-state index in [1.165, 1.54) is 6.08 Å². The van der Waals surface area contributed by atoms with Crippen LogP contribution in [0.25, 0.3) is 6.08 Å². The van der Waals surface area contributed by atoms with Crippen molar-refractivity contribution in [2.45, 2.75) is 41.0 Å². The monoisotopic (exact) mass is 304 g/mol. The molecule has 5 nitrogen and oxygen atoms in total. The predicted molar refractivity (Wildman–Crippen MR) is 89.7 cm³/mol. The van der Waals surface area contributed by atoms with Gasteiger partial charge in [-0.15, -0.1) is 0 Å². The molecule has 0 aliphatic rings. The van der Waals surface area contributed by atoms with E-state index < -0.39 is 5.97 Å². The Kier molecular flexibility index (Phi) is 5.36. The number of aryl methyl sites for hydroxylation is 1. The number of carbonyl (C=O) groups is 2. The highest BCUT2D eigenvalue weighted by molar-refractivity contribution is 5.95. The summed E-state index contributed by atoms with van der Waals surface area (Å²) in [4.78, 5) is 22.7. The molecule has 0 unspecified atom stereocenters. The van der Waals surface area contributed by atoms with Crippen molar-refractivity contribution in [3.63, 3.8) is 0 Å². The summed E-state index contributed by atoms with van der Waals surface area (Å²) in [6.07, 6.45) is 2.91. The van der Waals surface area contributed by atoms with Crippen molar-refractivity contribution < 1.29 is 14.7 Å². The van der Waals surface area contributed by atoms with Gasteiger partial charge in [0.2, 0.25) is 5.91 Å². The smallest absolute Gasteiger partial charge is 0.328 e. The molecule has 0 aromatic heterocycles. The van der Waals surface area contributed by atoms with Gasteiger partial charge in [-0.3, -0.25) is 4.79 Å². The van der Waals surface area contributed by atoms with Crippen LogP contribution in [0.4, 0.5) is 11.4 Å². The molecule has 0 radical (unpaired) electrons. The molecule has 0 spiro atoms. The van der Waals surface area contributed by atoms with Gasteiger partial charge >= 0.3 is 5.97 Å². The molecule has 5 heteroatoms. The minimum Gasteiger partial charge on any atom is -0.478 e. The first-order valence-electron chi connectivity index (χ1n) is 7.12. The van der Waals surface area contributed by atoms with Gasteiger partial charge in [0, 0.05) is 23.9 Å². The van der Waals surface area contributed by atoms with E-state index in [9.17, 15) is 9.59 Å². The lowest BCUT2D eigenvalue weighted by Crippen LogP contribution is -2.21. The van der Waals surface area contributed by atoms with Crippen LogP contribution in [0.5, 0.6) is 0 Å².